The van der Waals surface area contributed by atoms with Crippen LogP contribution in [0.2, 0.25) is 0 Å². The van der Waals surface area contributed by atoms with Gasteiger partial charge in [0.2, 0.25) is 0 Å². The monoisotopic (exact) mass is 233 g/mol. The van der Waals surface area contributed by atoms with Crippen LogP contribution in [-0.2, 0) is 0 Å². The van der Waals surface area contributed by atoms with Crippen LogP contribution in [0.5, 0.6) is 0 Å². The van der Waals surface area contributed by atoms with Crippen LogP contribution in [0, 0.1) is 12.8 Å². The minimum atomic E-state index is 0.535. The van der Waals surface area contributed by atoms with Gasteiger partial charge >= 0.3 is 0 Å². The SMILES string of the molecule is Cc1ccc(NC(C)C2CCN(C)CC2)cn1. The molecular weight excluding hydrogens is 210 g/mol. The highest BCUT2D eigenvalue weighted by molar-refractivity contribution is 5.41. The van der Waals surface area contributed by atoms with Crippen molar-refractivity contribution < 1.29 is 0 Å². The Hall–Kier alpha value is -1.09. The van der Waals surface area contributed by atoms with Crippen molar-refractivity contribution in [2.45, 2.75) is 32.7 Å². The maximum Gasteiger partial charge on any atom is 0.0529 e. The molecule has 0 radical (unpaired) electrons. The van der Waals surface area contributed by atoms with E-state index in [1.165, 1.54) is 25.9 Å². The van der Waals surface area contributed by atoms with Crippen molar-refractivity contribution >= 4 is 5.69 Å². The highest BCUT2D eigenvalue weighted by atomic mass is 15.1. The highest BCUT2D eigenvalue weighted by Gasteiger charge is 2.21. The molecule has 1 aromatic heterocycles. The van der Waals surface area contributed by atoms with E-state index in [0.29, 0.717) is 6.04 Å². The summed E-state index contributed by atoms with van der Waals surface area (Å²) in [4.78, 5) is 6.73. The number of pyridine rings is 1. The van der Waals surface area contributed by atoms with Crippen LogP contribution in [0.25, 0.3) is 0 Å². The third kappa shape index (κ3) is 3.43. The fourth-order valence-corrected chi connectivity index (χ4v) is 2.46. The number of hydrogen-bond donors (Lipinski definition) is 1. The van der Waals surface area contributed by atoms with Crippen LogP contribution in [0.3, 0.4) is 0 Å². The molecule has 1 aliphatic rings. The van der Waals surface area contributed by atoms with Crippen LogP contribution in [-0.4, -0.2) is 36.1 Å². The Bertz CT molecular complexity index is 339. The molecule has 1 aliphatic heterocycles. The van der Waals surface area contributed by atoms with E-state index in [9.17, 15) is 0 Å². The van der Waals surface area contributed by atoms with E-state index in [4.69, 9.17) is 0 Å². The van der Waals surface area contributed by atoms with Crippen molar-refractivity contribution in [2.24, 2.45) is 5.92 Å². The fraction of sp³-hybridized carbons (Fsp3) is 0.643. The van der Waals surface area contributed by atoms with E-state index in [1.807, 2.05) is 13.1 Å². The first-order valence-electron chi connectivity index (χ1n) is 6.53. The van der Waals surface area contributed by atoms with E-state index >= 15 is 0 Å². The number of hydrogen-bond acceptors (Lipinski definition) is 3. The summed E-state index contributed by atoms with van der Waals surface area (Å²) in [7, 11) is 2.21. The van der Waals surface area contributed by atoms with Gasteiger partial charge in [-0.15, -0.1) is 0 Å². The molecule has 1 fully saturated rings. The number of nitrogens with zero attached hydrogens (tertiary/aromatic N) is 2. The number of nitrogens with one attached hydrogen (secondary N) is 1. The number of likely N-dealkylation sites (tertiary alicyclic amines) is 1. The lowest BCUT2D eigenvalue weighted by atomic mass is 9.90. The molecule has 94 valence electrons. The molecule has 0 aliphatic carbocycles. The zero-order chi connectivity index (χ0) is 12.3. The van der Waals surface area contributed by atoms with Gasteiger partial charge in [-0.3, -0.25) is 4.98 Å². The summed E-state index contributed by atoms with van der Waals surface area (Å²) in [6.45, 7) is 6.76. The molecule has 1 unspecified atom stereocenters. The number of anilines is 1. The summed E-state index contributed by atoms with van der Waals surface area (Å²) in [5.41, 5.74) is 2.21. The first-order valence-corrected chi connectivity index (χ1v) is 6.53. The first kappa shape index (κ1) is 12.4. The zero-order valence-electron chi connectivity index (χ0n) is 11.1. The quantitative estimate of drug-likeness (QED) is 0.869. The summed E-state index contributed by atoms with van der Waals surface area (Å²) < 4.78 is 0. The van der Waals surface area contributed by atoms with Crippen LogP contribution >= 0.6 is 0 Å². The Labute approximate surface area is 104 Å². The van der Waals surface area contributed by atoms with Crippen molar-refractivity contribution in [3.63, 3.8) is 0 Å². The minimum Gasteiger partial charge on any atom is -0.381 e. The van der Waals surface area contributed by atoms with Crippen molar-refractivity contribution in [1.29, 1.82) is 0 Å². The van der Waals surface area contributed by atoms with Gasteiger partial charge in [-0.05, 0) is 64.9 Å². The van der Waals surface area contributed by atoms with Crippen LogP contribution in [0.1, 0.15) is 25.5 Å². The molecule has 17 heavy (non-hydrogen) atoms. The summed E-state index contributed by atoms with van der Waals surface area (Å²) in [6.07, 6.45) is 4.52. The van der Waals surface area contributed by atoms with Crippen LogP contribution < -0.4 is 5.32 Å². The molecule has 1 saturated heterocycles. The molecule has 3 heteroatoms. The second kappa shape index (κ2) is 5.50. The number of piperidine rings is 1. The molecule has 2 heterocycles. The average molecular weight is 233 g/mol. The van der Waals surface area contributed by atoms with Gasteiger partial charge in [-0.2, -0.15) is 0 Å². The summed E-state index contributed by atoms with van der Waals surface area (Å²) >= 11 is 0. The first-order chi connectivity index (χ1) is 8.15. The topological polar surface area (TPSA) is 28.2 Å². The Morgan fingerprint density at radius 1 is 1.35 bits per heavy atom. The molecule has 0 aromatic carbocycles. The number of aryl methyl sites for hydroxylation is 1. The van der Waals surface area contributed by atoms with Crippen LogP contribution in [0.15, 0.2) is 18.3 Å². The Balaban J connectivity index is 1.88. The predicted molar refractivity (Wildman–Crippen MR) is 72.3 cm³/mol. The van der Waals surface area contributed by atoms with Gasteiger partial charge in [0.15, 0.2) is 0 Å². The molecule has 0 bridgehead atoms. The predicted octanol–water partition coefficient (Wildman–Crippen LogP) is 2.53. The van der Waals surface area contributed by atoms with Gasteiger partial charge in [0.25, 0.3) is 0 Å². The number of aromatic nitrogens is 1. The second-order valence-corrected chi connectivity index (χ2v) is 5.26. The van der Waals surface area contributed by atoms with E-state index in [1.54, 1.807) is 0 Å². The molecule has 0 spiro atoms. The lowest BCUT2D eigenvalue weighted by Gasteiger charge is -2.33. The Kier molecular flexibility index (Phi) is 4.00. The lowest BCUT2D eigenvalue weighted by Crippen LogP contribution is -2.37. The van der Waals surface area contributed by atoms with Gasteiger partial charge in [0.1, 0.15) is 0 Å². The number of rotatable bonds is 3. The molecular formula is C14H23N3. The third-order valence-electron chi connectivity index (χ3n) is 3.78. The van der Waals surface area contributed by atoms with Gasteiger partial charge < -0.3 is 10.2 Å². The highest BCUT2D eigenvalue weighted by Crippen LogP contribution is 2.22. The van der Waals surface area contributed by atoms with Crippen molar-refractivity contribution in [2.75, 3.05) is 25.5 Å². The Morgan fingerprint density at radius 2 is 2.06 bits per heavy atom. The minimum absolute atomic E-state index is 0.535. The molecule has 1 N–H and O–H groups in total. The van der Waals surface area contributed by atoms with Gasteiger partial charge in [0.05, 0.1) is 11.9 Å². The van der Waals surface area contributed by atoms with Gasteiger partial charge in [-0.25, -0.2) is 0 Å². The molecule has 0 saturated carbocycles. The Morgan fingerprint density at radius 3 is 2.65 bits per heavy atom. The molecule has 0 amide bonds. The van der Waals surface area contributed by atoms with Gasteiger partial charge in [0, 0.05) is 11.7 Å². The maximum atomic E-state index is 4.32. The van der Waals surface area contributed by atoms with Gasteiger partial charge in [-0.1, -0.05) is 0 Å². The molecule has 1 atom stereocenters. The fourth-order valence-electron chi connectivity index (χ4n) is 2.46. The summed E-state index contributed by atoms with van der Waals surface area (Å²) in [5.74, 6) is 0.785. The second-order valence-electron chi connectivity index (χ2n) is 5.26. The standard InChI is InChI=1S/C14H23N3/c1-11-4-5-14(10-15-11)16-12(2)13-6-8-17(3)9-7-13/h4-5,10,12-13,16H,6-9H2,1-3H3. The third-order valence-corrected chi connectivity index (χ3v) is 3.78. The largest absolute Gasteiger partial charge is 0.381 e. The van der Waals surface area contributed by atoms with E-state index in [2.05, 4.69) is 41.3 Å². The summed E-state index contributed by atoms with van der Waals surface area (Å²) in [5, 5.41) is 3.57. The molecule has 1 aromatic rings. The van der Waals surface area contributed by atoms with Crippen molar-refractivity contribution in [3.05, 3.63) is 24.0 Å². The smallest absolute Gasteiger partial charge is 0.0529 e. The molecule has 3 nitrogen and oxygen atoms in total. The van der Waals surface area contributed by atoms with E-state index in [0.717, 1.165) is 17.3 Å². The molecule has 2 rings (SSSR count). The van der Waals surface area contributed by atoms with Crippen molar-refractivity contribution in [3.8, 4) is 0 Å². The maximum absolute atomic E-state index is 4.32. The lowest BCUT2D eigenvalue weighted by molar-refractivity contribution is 0.208. The zero-order valence-corrected chi connectivity index (χ0v) is 11.1. The average Bonchev–Trinajstić information content (AvgIpc) is 2.33. The van der Waals surface area contributed by atoms with Crippen LogP contribution in [0.4, 0.5) is 5.69 Å². The normalized spacial score (nSPS) is 20.2. The summed E-state index contributed by atoms with van der Waals surface area (Å²) in [6, 6.07) is 4.71. The van der Waals surface area contributed by atoms with E-state index < -0.39 is 0 Å². The van der Waals surface area contributed by atoms with E-state index in [-0.39, 0.29) is 0 Å². The van der Waals surface area contributed by atoms with Crippen molar-refractivity contribution in [1.82, 2.24) is 9.88 Å².